The molecule has 0 aliphatic heterocycles. The molecule has 0 saturated heterocycles. The highest BCUT2D eigenvalue weighted by molar-refractivity contribution is 8.00. The van der Waals surface area contributed by atoms with E-state index in [2.05, 4.69) is 27.8 Å². The van der Waals surface area contributed by atoms with Gasteiger partial charge >= 0.3 is 0 Å². The van der Waals surface area contributed by atoms with Gasteiger partial charge in [-0.1, -0.05) is 36.4 Å². The maximum atomic E-state index is 12.3. The van der Waals surface area contributed by atoms with Crippen molar-refractivity contribution in [2.24, 2.45) is 0 Å². The summed E-state index contributed by atoms with van der Waals surface area (Å²) in [6.07, 6.45) is 4.13. The van der Waals surface area contributed by atoms with Crippen molar-refractivity contribution in [3.05, 3.63) is 71.2 Å². The van der Waals surface area contributed by atoms with E-state index in [-0.39, 0.29) is 10.8 Å². The van der Waals surface area contributed by atoms with Crippen molar-refractivity contribution in [2.75, 3.05) is 12.4 Å². The van der Waals surface area contributed by atoms with Crippen LogP contribution in [0, 0.1) is 0 Å². The molecule has 138 valence electrons. The molecule has 2 aromatic carbocycles. The summed E-state index contributed by atoms with van der Waals surface area (Å²) in [5.74, 6) is 0.837. The number of nitrogens with zero attached hydrogens (tertiary/aromatic N) is 1. The molecule has 0 unspecified atom stereocenters. The molecule has 0 spiro atoms. The number of aromatic nitrogens is 1. The molecule has 0 atom stereocenters. The molecular weight excluding hydrogens is 374 g/mol. The molecule has 1 saturated carbocycles. The SMILES string of the molecule is CNC(=O)c1ccc(CSC2(Nc3nccs3)CC2)cc1-c1ccccc1. The van der Waals surface area contributed by atoms with Crippen LogP contribution in [0.4, 0.5) is 5.13 Å². The lowest BCUT2D eigenvalue weighted by molar-refractivity contribution is 0.0963. The Hall–Kier alpha value is -2.31. The third-order valence-electron chi connectivity index (χ3n) is 4.63. The Morgan fingerprint density at radius 1 is 1.22 bits per heavy atom. The zero-order valence-electron chi connectivity index (χ0n) is 15.1. The van der Waals surface area contributed by atoms with E-state index in [0.29, 0.717) is 5.56 Å². The number of carbonyl (C=O) groups excluding carboxylic acids is 1. The van der Waals surface area contributed by atoms with Crippen LogP contribution in [0.1, 0.15) is 28.8 Å². The van der Waals surface area contributed by atoms with Crippen molar-refractivity contribution >= 4 is 34.1 Å². The summed E-state index contributed by atoms with van der Waals surface area (Å²) < 4.78 is 0. The molecular formula is C21H21N3OS2. The lowest BCUT2D eigenvalue weighted by Gasteiger charge is -2.17. The highest BCUT2D eigenvalue weighted by atomic mass is 32.2. The van der Waals surface area contributed by atoms with Crippen molar-refractivity contribution in [1.29, 1.82) is 0 Å². The van der Waals surface area contributed by atoms with Gasteiger partial charge in [-0.15, -0.1) is 23.1 Å². The van der Waals surface area contributed by atoms with E-state index in [4.69, 9.17) is 0 Å². The van der Waals surface area contributed by atoms with Crippen LogP contribution in [-0.2, 0) is 5.75 Å². The van der Waals surface area contributed by atoms with Gasteiger partial charge in [-0.3, -0.25) is 4.79 Å². The van der Waals surface area contributed by atoms with Gasteiger partial charge in [0.2, 0.25) is 0 Å². The van der Waals surface area contributed by atoms with Crippen LogP contribution in [0.15, 0.2) is 60.1 Å². The molecule has 4 rings (SSSR count). The standard InChI is InChI=1S/C21H21N3OS2/c1-22-19(25)17-8-7-15(13-18(17)16-5-3-2-4-6-16)14-27-21(9-10-21)24-20-23-11-12-26-20/h2-8,11-13H,9-10,14H2,1H3,(H,22,25)(H,23,24). The number of carbonyl (C=O) groups is 1. The Kier molecular flexibility index (Phi) is 5.18. The quantitative estimate of drug-likeness (QED) is 0.553. The topological polar surface area (TPSA) is 54.0 Å². The summed E-state index contributed by atoms with van der Waals surface area (Å²) >= 11 is 3.56. The van der Waals surface area contributed by atoms with E-state index < -0.39 is 0 Å². The van der Waals surface area contributed by atoms with E-state index in [1.165, 1.54) is 5.56 Å². The summed E-state index contributed by atoms with van der Waals surface area (Å²) in [6, 6.07) is 16.2. The second-order valence-corrected chi connectivity index (χ2v) is 8.82. The Labute approximate surface area is 167 Å². The molecule has 1 amide bonds. The van der Waals surface area contributed by atoms with Crippen molar-refractivity contribution in [2.45, 2.75) is 23.5 Å². The Balaban J connectivity index is 1.54. The van der Waals surface area contributed by atoms with E-state index in [9.17, 15) is 4.79 Å². The fourth-order valence-electron chi connectivity index (χ4n) is 2.99. The maximum absolute atomic E-state index is 12.3. The number of amides is 1. The second-order valence-electron chi connectivity index (χ2n) is 6.57. The number of thioether (sulfide) groups is 1. The van der Waals surface area contributed by atoms with Gasteiger partial charge in [0.15, 0.2) is 5.13 Å². The molecule has 6 heteroatoms. The van der Waals surface area contributed by atoms with Gasteiger partial charge in [0, 0.05) is 29.9 Å². The zero-order valence-corrected chi connectivity index (χ0v) is 16.7. The highest BCUT2D eigenvalue weighted by Crippen LogP contribution is 2.50. The largest absolute Gasteiger partial charge is 0.355 e. The summed E-state index contributed by atoms with van der Waals surface area (Å²) in [7, 11) is 1.67. The molecule has 27 heavy (non-hydrogen) atoms. The van der Waals surface area contributed by atoms with Crippen LogP contribution < -0.4 is 10.6 Å². The van der Waals surface area contributed by atoms with Gasteiger partial charge in [0.25, 0.3) is 5.91 Å². The normalized spacial score (nSPS) is 14.6. The smallest absolute Gasteiger partial charge is 0.251 e. The Morgan fingerprint density at radius 2 is 2.04 bits per heavy atom. The van der Waals surface area contributed by atoms with Gasteiger partial charge in [0.05, 0.1) is 4.87 Å². The van der Waals surface area contributed by atoms with Crippen molar-refractivity contribution < 1.29 is 4.79 Å². The van der Waals surface area contributed by atoms with Crippen molar-refractivity contribution in [1.82, 2.24) is 10.3 Å². The van der Waals surface area contributed by atoms with Gasteiger partial charge in [-0.05, 0) is 41.7 Å². The number of nitrogens with one attached hydrogen (secondary N) is 2. The predicted molar refractivity (Wildman–Crippen MR) is 114 cm³/mol. The molecule has 4 nitrogen and oxygen atoms in total. The number of thiazole rings is 1. The van der Waals surface area contributed by atoms with E-state index in [0.717, 1.165) is 34.9 Å². The number of rotatable bonds is 7. The molecule has 1 fully saturated rings. The van der Waals surface area contributed by atoms with Crippen LogP contribution in [-0.4, -0.2) is 22.8 Å². The Morgan fingerprint density at radius 3 is 2.70 bits per heavy atom. The first-order chi connectivity index (χ1) is 13.2. The minimum atomic E-state index is -0.0582. The van der Waals surface area contributed by atoms with Gasteiger partial charge < -0.3 is 10.6 Å². The molecule has 1 aromatic heterocycles. The number of hydrogen-bond acceptors (Lipinski definition) is 5. The zero-order chi connectivity index (χ0) is 18.7. The molecule has 2 N–H and O–H groups in total. The van der Waals surface area contributed by atoms with Crippen LogP contribution in [0.2, 0.25) is 0 Å². The average molecular weight is 396 g/mol. The highest BCUT2D eigenvalue weighted by Gasteiger charge is 2.43. The van der Waals surface area contributed by atoms with E-state index >= 15 is 0 Å². The van der Waals surface area contributed by atoms with E-state index in [1.54, 1.807) is 18.4 Å². The lowest BCUT2D eigenvalue weighted by Crippen LogP contribution is -2.19. The summed E-state index contributed by atoms with van der Waals surface area (Å²) in [5, 5.41) is 9.29. The fraction of sp³-hybridized carbons (Fsp3) is 0.238. The minimum absolute atomic E-state index is 0.0582. The minimum Gasteiger partial charge on any atom is -0.355 e. The summed E-state index contributed by atoms with van der Waals surface area (Å²) in [6.45, 7) is 0. The Bertz CT molecular complexity index is 922. The predicted octanol–water partition coefficient (Wildman–Crippen LogP) is 5.01. The monoisotopic (exact) mass is 395 g/mol. The second kappa shape index (κ2) is 7.74. The average Bonchev–Trinajstić information content (AvgIpc) is 3.29. The lowest BCUT2D eigenvalue weighted by atomic mass is 9.97. The number of hydrogen-bond donors (Lipinski definition) is 2. The maximum Gasteiger partial charge on any atom is 0.251 e. The fourth-order valence-corrected chi connectivity index (χ4v) is 4.86. The van der Waals surface area contributed by atoms with Gasteiger partial charge in [-0.25, -0.2) is 4.98 Å². The van der Waals surface area contributed by atoms with Crippen LogP contribution >= 0.6 is 23.1 Å². The van der Waals surface area contributed by atoms with Crippen molar-refractivity contribution in [3.63, 3.8) is 0 Å². The first-order valence-corrected chi connectivity index (χ1v) is 10.8. The summed E-state index contributed by atoms with van der Waals surface area (Å²) in [4.78, 5) is 16.7. The summed E-state index contributed by atoms with van der Waals surface area (Å²) in [5.41, 5.74) is 3.97. The molecule has 3 aromatic rings. The van der Waals surface area contributed by atoms with Crippen LogP contribution in [0.5, 0.6) is 0 Å². The molecule has 0 bridgehead atoms. The van der Waals surface area contributed by atoms with Crippen molar-refractivity contribution in [3.8, 4) is 11.1 Å². The van der Waals surface area contributed by atoms with Crippen LogP contribution in [0.3, 0.4) is 0 Å². The first-order valence-electron chi connectivity index (χ1n) is 8.91. The third-order valence-corrected chi connectivity index (χ3v) is 6.86. The van der Waals surface area contributed by atoms with Crippen LogP contribution in [0.25, 0.3) is 11.1 Å². The molecule has 0 radical (unpaired) electrons. The van der Waals surface area contributed by atoms with Gasteiger partial charge in [-0.2, -0.15) is 0 Å². The van der Waals surface area contributed by atoms with Gasteiger partial charge in [0.1, 0.15) is 0 Å². The number of anilines is 1. The molecule has 1 heterocycles. The first kappa shape index (κ1) is 18.1. The molecule has 1 aliphatic rings. The third kappa shape index (κ3) is 4.17. The molecule has 1 aliphatic carbocycles. The number of benzene rings is 2. The van der Waals surface area contributed by atoms with E-state index in [1.807, 2.05) is 59.7 Å².